The maximum Gasteiger partial charge on any atom is 0.305 e. The summed E-state index contributed by atoms with van der Waals surface area (Å²) in [5.41, 5.74) is 0. The predicted molar refractivity (Wildman–Crippen MR) is 241 cm³/mol. The Morgan fingerprint density at radius 1 is 0.500 bits per heavy atom. The first-order chi connectivity index (χ1) is 27.5. The summed E-state index contributed by atoms with van der Waals surface area (Å²) >= 11 is 0. The molecule has 1 amide bonds. The largest absolute Gasteiger partial charge is 0.466 e. The number of ether oxygens (including phenoxy) is 1. The van der Waals surface area contributed by atoms with Gasteiger partial charge in [0.1, 0.15) is 0 Å². The number of unbranched alkanes of at least 4 members (excludes halogenated alkanes) is 27. The molecule has 0 aromatic rings. The number of nitrogens with one attached hydrogen (secondary N) is 1. The number of carbonyl (C=O) groups excluding carboxylic acids is 2. The van der Waals surface area contributed by atoms with E-state index in [9.17, 15) is 19.8 Å². The monoisotopic (exact) mass is 788 g/mol. The number of carbonyl (C=O) groups is 2. The number of allylic oxidation sites excluding steroid dienone is 6. The lowest BCUT2D eigenvalue weighted by molar-refractivity contribution is -0.143. The highest BCUT2D eigenvalue weighted by Gasteiger charge is 2.20. The fourth-order valence-corrected chi connectivity index (χ4v) is 7.12. The molecule has 328 valence electrons. The number of aliphatic hydroxyl groups excluding tert-OH is 2. The minimum absolute atomic E-state index is 0.0465. The lowest BCUT2D eigenvalue weighted by atomic mass is 10.0. The van der Waals surface area contributed by atoms with Crippen LogP contribution in [0, 0.1) is 0 Å². The lowest BCUT2D eigenvalue weighted by Crippen LogP contribution is -2.45. The number of rotatable bonds is 44. The van der Waals surface area contributed by atoms with Crippen LogP contribution in [0.5, 0.6) is 0 Å². The summed E-state index contributed by atoms with van der Waals surface area (Å²) in [5, 5.41) is 23.2. The summed E-state index contributed by atoms with van der Waals surface area (Å²) < 4.78 is 5.42. The van der Waals surface area contributed by atoms with Crippen LogP contribution in [0.3, 0.4) is 0 Å². The molecule has 0 spiro atoms. The average molecular weight is 788 g/mol. The minimum atomic E-state index is -0.683. The number of hydrogen-bond donors (Lipinski definition) is 3. The molecule has 0 rings (SSSR count). The molecule has 0 aliphatic carbocycles. The van der Waals surface area contributed by atoms with E-state index in [0.29, 0.717) is 25.9 Å². The smallest absolute Gasteiger partial charge is 0.305 e. The zero-order valence-electron chi connectivity index (χ0n) is 37.1. The molecular formula is C50H93NO5. The Kier molecular flexibility index (Phi) is 44.2. The highest BCUT2D eigenvalue weighted by molar-refractivity contribution is 5.76. The van der Waals surface area contributed by atoms with Crippen LogP contribution in [-0.4, -0.2) is 47.4 Å². The van der Waals surface area contributed by atoms with Crippen molar-refractivity contribution in [1.29, 1.82) is 0 Å². The molecule has 0 aromatic carbocycles. The second-order valence-corrected chi connectivity index (χ2v) is 16.4. The molecule has 6 nitrogen and oxygen atoms in total. The summed E-state index contributed by atoms with van der Waals surface area (Å²) in [6.07, 6.45) is 53.9. The van der Waals surface area contributed by atoms with Gasteiger partial charge < -0.3 is 20.3 Å². The summed E-state index contributed by atoms with van der Waals surface area (Å²) in [4.78, 5) is 24.4. The molecule has 0 bridgehead atoms. The zero-order chi connectivity index (χ0) is 40.8. The fraction of sp³-hybridized carbons (Fsp3) is 0.840. The number of esters is 1. The molecule has 2 atom stereocenters. The van der Waals surface area contributed by atoms with E-state index in [4.69, 9.17) is 4.74 Å². The molecular weight excluding hydrogens is 695 g/mol. The minimum Gasteiger partial charge on any atom is -0.466 e. The SMILES string of the molecule is CCCC/C=C\C/C=C\CCCCCCCC(=O)OCCCC/C=C\CCCCCCCC(=O)NC(CO)C(O)CCCCCCCCCCCCCCCC. The molecule has 6 heteroatoms. The molecule has 56 heavy (non-hydrogen) atoms. The van der Waals surface area contributed by atoms with Gasteiger partial charge in [-0.1, -0.05) is 192 Å². The lowest BCUT2D eigenvalue weighted by Gasteiger charge is -2.22. The van der Waals surface area contributed by atoms with Crippen LogP contribution in [-0.2, 0) is 14.3 Å². The Morgan fingerprint density at radius 3 is 1.43 bits per heavy atom. The molecule has 0 aliphatic rings. The van der Waals surface area contributed by atoms with Crippen molar-refractivity contribution in [2.45, 2.75) is 257 Å². The van der Waals surface area contributed by atoms with Crippen LogP contribution >= 0.6 is 0 Å². The van der Waals surface area contributed by atoms with Crippen LogP contribution < -0.4 is 5.32 Å². The van der Waals surface area contributed by atoms with Gasteiger partial charge in [0.15, 0.2) is 0 Å². The molecule has 0 aliphatic heterocycles. The first-order valence-electron chi connectivity index (χ1n) is 24.2. The first-order valence-corrected chi connectivity index (χ1v) is 24.2. The summed E-state index contributed by atoms with van der Waals surface area (Å²) in [5.74, 6) is -0.113. The highest BCUT2D eigenvalue weighted by atomic mass is 16.5. The van der Waals surface area contributed by atoms with Gasteiger partial charge in [-0.2, -0.15) is 0 Å². The number of hydrogen-bond acceptors (Lipinski definition) is 5. The van der Waals surface area contributed by atoms with E-state index in [1.54, 1.807) is 0 Å². The standard InChI is InChI=1S/C50H93NO5/c1-3-5-7-9-11-13-15-17-19-22-26-30-34-38-42-48(53)47(46-52)51-49(54)43-39-35-31-27-23-21-25-29-33-37-41-45-56-50(55)44-40-36-32-28-24-20-18-16-14-12-10-8-6-4-2/h10,12,16,18,25,29,47-48,52-53H,3-9,11,13-15,17,19-24,26-28,30-46H2,1-2H3,(H,51,54)/b12-10-,18-16-,29-25-. The third-order valence-corrected chi connectivity index (χ3v) is 10.9. The first kappa shape index (κ1) is 54.1. The van der Waals surface area contributed by atoms with Gasteiger partial charge in [0.2, 0.25) is 5.91 Å². The summed E-state index contributed by atoms with van der Waals surface area (Å²) in [6, 6.07) is -0.563. The van der Waals surface area contributed by atoms with Gasteiger partial charge in [-0.3, -0.25) is 9.59 Å². The zero-order valence-corrected chi connectivity index (χ0v) is 37.1. The van der Waals surface area contributed by atoms with Crippen molar-refractivity contribution in [1.82, 2.24) is 5.32 Å². The van der Waals surface area contributed by atoms with Gasteiger partial charge >= 0.3 is 5.97 Å². The number of aliphatic hydroxyl groups is 2. The molecule has 0 fully saturated rings. The van der Waals surface area contributed by atoms with Gasteiger partial charge in [-0.05, 0) is 77.0 Å². The van der Waals surface area contributed by atoms with Crippen molar-refractivity contribution in [2.24, 2.45) is 0 Å². The van der Waals surface area contributed by atoms with E-state index >= 15 is 0 Å². The summed E-state index contributed by atoms with van der Waals surface area (Å²) in [6.45, 7) is 4.81. The molecule has 0 aromatic heterocycles. The van der Waals surface area contributed by atoms with Crippen molar-refractivity contribution < 1.29 is 24.5 Å². The van der Waals surface area contributed by atoms with E-state index in [2.05, 4.69) is 55.6 Å². The van der Waals surface area contributed by atoms with Crippen molar-refractivity contribution in [3.8, 4) is 0 Å². The van der Waals surface area contributed by atoms with Gasteiger partial charge in [0.25, 0.3) is 0 Å². The Hall–Kier alpha value is -1.92. The Labute approximate surface area is 347 Å². The van der Waals surface area contributed by atoms with Gasteiger partial charge in [0.05, 0.1) is 25.4 Å². The van der Waals surface area contributed by atoms with Gasteiger partial charge in [0, 0.05) is 12.8 Å². The topological polar surface area (TPSA) is 95.9 Å². The molecule has 0 saturated heterocycles. The third-order valence-electron chi connectivity index (χ3n) is 10.9. The Balaban J connectivity index is 3.54. The Bertz CT molecular complexity index is 915. The second kappa shape index (κ2) is 45.8. The molecule has 3 N–H and O–H groups in total. The van der Waals surface area contributed by atoms with Gasteiger partial charge in [-0.15, -0.1) is 0 Å². The second-order valence-electron chi connectivity index (χ2n) is 16.4. The van der Waals surface area contributed by atoms with Crippen LogP contribution in [0.2, 0.25) is 0 Å². The van der Waals surface area contributed by atoms with Crippen LogP contribution in [0.1, 0.15) is 245 Å². The molecule has 0 saturated carbocycles. The predicted octanol–water partition coefficient (Wildman–Crippen LogP) is 14.1. The third kappa shape index (κ3) is 41.7. The molecule has 0 heterocycles. The maximum atomic E-state index is 12.4. The van der Waals surface area contributed by atoms with Crippen molar-refractivity contribution in [2.75, 3.05) is 13.2 Å². The fourth-order valence-electron chi connectivity index (χ4n) is 7.12. The van der Waals surface area contributed by atoms with Crippen LogP contribution in [0.4, 0.5) is 0 Å². The quantitative estimate of drug-likeness (QED) is 0.0325. The maximum absolute atomic E-state index is 12.4. The molecule has 2 unspecified atom stereocenters. The molecule has 0 radical (unpaired) electrons. The van der Waals surface area contributed by atoms with Crippen LogP contribution in [0.25, 0.3) is 0 Å². The number of amides is 1. The van der Waals surface area contributed by atoms with E-state index in [-0.39, 0.29) is 18.5 Å². The van der Waals surface area contributed by atoms with Gasteiger partial charge in [-0.25, -0.2) is 0 Å². The normalized spacial score (nSPS) is 13.0. The average Bonchev–Trinajstić information content (AvgIpc) is 3.20. The van der Waals surface area contributed by atoms with E-state index in [0.717, 1.165) is 96.3 Å². The van der Waals surface area contributed by atoms with E-state index in [1.807, 2.05) is 0 Å². The van der Waals surface area contributed by atoms with Crippen molar-refractivity contribution in [3.63, 3.8) is 0 Å². The van der Waals surface area contributed by atoms with Crippen molar-refractivity contribution >= 4 is 11.9 Å². The van der Waals surface area contributed by atoms with E-state index < -0.39 is 12.1 Å². The summed E-state index contributed by atoms with van der Waals surface area (Å²) in [7, 11) is 0. The van der Waals surface area contributed by atoms with Crippen molar-refractivity contribution in [3.05, 3.63) is 36.5 Å². The highest BCUT2D eigenvalue weighted by Crippen LogP contribution is 2.15. The Morgan fingerprint density at radius 2 is 0.911 bits per heavy atom. The van der Waals surface area contributed by atoms with Crippen LogP contribution in [0.15, 0.2) is 36.5 Å². The van der Waals surface area contributed by atoms with E-state index in [1.165, 1.54) is 116 Å².